The molecule has 0 aromatic heterocycles. The summed E-state index contributed by atoms with van der Waals surface area (Å²) in [4.78, 5) is 22.7. The van der Waals surface area contributed by atoms with E-state index in [2.05, 4.69) is 103 Å². The van der Waals surface area contributed by atoms with Gasteiger partial charge in [0.1, 0.15) is 25.4 Å². The second-order valence-electron chi connectivity index (χ2n) is 15.5. The quantitative estimate of drug-likeness (QED) is 0.157. The van der Waals surface area contributed by atoms with Gasteiger partial charge in [-0.2, -0.15) is 0 Å². The molecule has 2 fully saturated rings. The van der Waals surface area contributed by atoms with Crippen LogP contribution < -0.4 is 0 Å². The Hall–Kier alpha value is -2.70. The summed E-state index contributed by atoms with van der Waals surface area (Å²) < 4.78 is 20.0. The van der Waals surface area contributed by atoms with Crippen LogP contribution in [0.4, 0.5) is 0 Å². The second-order valence-corrected chi connectivity index (χ2v) is 15.5. The molecule has 0 radical (unpaired) electrons. The monoisotopic (exact) mass is 797 g/mol. The first kappa shape index (κ1) is 71.0. The predicted octanol–water partition coefficient (Wildman–Crippen LogP) is 15.5. The number of hydrogen-bond donors (Lipinski definition) is 0. The summed E-state index contributed by atoms with van der Waals surface area (Å²) in [6.07, 6.45) is 4.39. The molecule has 56 heavy (non-hydrogen) atoms. The van der Waals surface area contributed by atoms with Crippen molar-refractivity contribution >= 4 is 11.9 Å². The van der Waals surface area contributed by atoms with Gasteiger partial charge in [-0.3, -0.25) is 9.59 Å². The Morgan fingerprint density at radius 1 is 0.571 bits per heavy atom. The number of carbonyl (C=O) groups is 2. The van der Waals surface area contributed by atoms with Gasteiger partial charge in [-0.15, -0.1) is 0 Å². The SMILES string of the molecule is C.C.C.C.C.C.C.C.CCC(C)(C)C(=O)OCC1CO1.CCC(C)(C)C(=O)OCC1CO1.CCC(C)c1ccc(C(C)(C)C)cc1.CCC(C)c1ccccc1. The van der Waals surface area contributed by atoms with E-state index in [-0.39, 0.29) is 99.8 Å². The van der Waals surface area contributed by atoms with Gasteiger partial charge in [0.2, 0.25) is 0 Å². The van der Waals surface area contributed by atoms with Crippen LogP contribution in [-0.2, 0) is 34.0 Å². The van der Waals surface area contributed by atoms with Gasteiger partial charge in [0.25, 0.3) is 0 Å². The molecule has 4 unspecified atom stereocenters. The summed E-state index contributed by atoms with van der Waals surface area (Å²) in [5, 5.41) is 0. The van der Waals surface area contributed by atoms with E-state index in [1.54, 1.807) is 0 Å². The first-order valence-corrected chi connectivity index (χ1v) is 18.1. The highest BCUT2D eigenvalue weighted by molar-refractivity contribution is 5.76. The Morgan fingerprint density at radius 2 is 0.875 bits per heavy atom. The van der Waals surface area contributed by atoms with E-state index in [9.17, 15) is 9.59 Å². The molecule has 0 bridgehead atoms. The average molecular weight is 797 g/mol. The van der Waals surface area contributed by atoms with Crippen LogP contribution >= 0.6 is 0 Å². The van der Waals surface area contributed by atoms with Crippen LogP contribution in [0.3, 0.4) is 0 Å². The van der Waals surface area contributed by atoms with Crippen LogP contribution in [0, 0.1) is 10.8 Å². The fraction of sp³-hybridized carbons (Fsp3) is 0.720. The highest BCUT2D eigenvalue weighted by Gasteiger charge is 2.31. The fourth-order valence-electron chi connectivity index (χ4n) is 3.91. The Labute approximate surface area is 352 Å². The molecule has 6 nitrogen and oxygen atoms in total. The van der Waals surface area contributed by atoms with E-state index in [0.29, 0.717) is 25.0 Å². The molecular formula is C50H100O6. The van der Waals surface area contributed by atoms with E-state index in [1.807, 2.05) is 41.5 Å². The van der Waals surface area contributed by atoms with Crippen molar-refractivity contribution in [1.82, 2.24) is 0 Å². The maximum atomic E-state index is 11.4. The number of benzene rings is 2. The standard InChI is InChI=1S/C14H22.C10H14.2C9H16O3.8CH4/c1-6-11(2)12-7-9-13(10-8-12)14(3,4)5;1-3-9(2)10-7-5-4-6-8-10;2*1-4-9(2,3)8(10)12-6-7-5-11-7;;;;;;;;/h7-11H,6H2,1-5H3;4-9H,3H2,1-2H3;2*7H,4-6H2,1-3H3;8*1H4. The minimum absolute atomic E-state index is 0. The number of hydrogen-bond acceptors (Lipinski definition) is 6. The maximum absolute atomic E-state index is 11.4. The molecule has 2 aliphatic heterocycles. The molecule has 0 aliphatic carbocycles. The van der Waals surface area contributed by atoms with Crippen LogP contribution in [0.2, 0.25) is 0 Å². The Morgan fingerprint density at radius 3 is 1.12 bits per heavy atom. The molecule has 0 spiro atoms. The molecule has 0 N–H and O–H groups in total. The fourth-order valence-corrected chi connectivity index (χ4v) is 3.91. The lowest BCUT2D eigenvalue weighted by Crippen LogP contribution is -2.27. The van der Waals surface area contributed by atoms with Gasteiger partial charge in [0.15, 0.2) is 0 Å². The first-order chi connectivity index (χ1) is 22.4. The van der Waals surface area contributed by atoms with Crippen LogP contribution in [0.15, 0.2) is 54.6 Å². The van der Waals surface area contributed by atoms with Crippen LogP contribution in [0.5, 0.6) is 0 Å². The second kappa shape index (κ2) is 34.4. The third-order valence-electron chi connectivity index (χ3n) is 9.42. The lowest BCUT2D eigenvalue weighted by atomic mass is 9.85. The third kappa shape index (κ3) is 28.7. The van der Waals surface area contributed by atoms with Crippen LogP contribution in [-0.4, -0.2) is 50.6 Å². The summed E-state index contributed by atoms with van der Waals surface area (Å²) in [5.41, 5.74) is 3.90. The van der Waals surface area contributed by atoms with Gasteiger partial charge >= 0.3 is 11.9 Å². The van der Waals surface area contributed by atoms with Crippen molar-refractivity contribution in [3.05, 3.63) is 71.3 Å². The van der Waals surface area contributed by atoms with Gasteiger partial charge in [-0.05, 0) is 87.3 Å². The topological polar surface area (TPSA) is 77.7 Å². The number of epoxide rings is 2. The molecule has 4 rings (SSSR count). The molecule has 336 valence electrons. The molecule has 6 heteroatoms. The Bertz CT molecular complexity index is 1130. The zero-order valence-corrected chi connectivity index (χ0v) is 32.6. The normalized spacial score (nSPS) is 15.3. The highest BCUT2D eigenvalue weighted by Crippen LogP contribution is 2.26. The number of carbonyl (C=O) groups excluding carboxylic acids is 2. The molecule has 4 atom stereocenters. The number of ether oxygens (including phenoxy) is 4. The summed E-state index contributed by atoms with van der Waals surface area (Å²) in [6.45, 7) is 29.6. The summed E-state index contributed by atoms with van der Waals surface area (Å²) in [7, 11) is 0. The van der Waals surface area contributed by atoms with Gasteiger partial charge in [-0.25, -0.2) is 0 Å². The average Bonchev–Trinajstić information content (AvgIpc) is 4.02. The van der Waals surface area contributed by atoms with E-state index in [0.717, 1.165) is 26.1 Å². The summed E-state index contributed by atoms with van der Waals surface area (Å²) in [6, 6.07) is 19.7. The molecular weight excluding hydrogens is 697 g/mol. The molecule has 2 heterocycles. The molecule has 2 aliphatic rings. The lowest BCUT2D eigenvalue weighted by molar-refractivity contribution is -0.155. The lowest BCUT2D eigenvalue weighted by Gasteiger charge is -2.20. The van der Waals surface area contributed by atoms with Crippen molar-refractivity contribution in [3.63, 3.8) is 0 Å². The van der Waals surface area contributed by atoms with Crippen LogP contribution in [0.25, 0.3) is 0 Å². The smallest absolute Gasteiger partial charge is 0.311 e. The minimum Gasteiger partial charge on any atom is -0.462 e. The molecule has 2 aromatic carbocycles. The number of esters is 2. The Balaban J connectivity index is -0.0000000877. The molecule has 0 saturated carbocycles. The van der Waals surface area contributed by atoms with Gasteiger partial charge in [0.05, 0.1) is 24.0 Å². The first-order valence-electron chi connectivity index (χ1n) is 18.1. The van der Waals surface area contributed by atoms with E-state index in [1.165, 1.54) is 29.5 Å². The summed E-state index contributed by atoms with van der Waals surface area (Å²) in [5.74, 6) is 1.14. The molecule has 2 saturated heterocycles. The summed E-state index contributed by atoms with van der Waals surface area (Å²) >= 11 is 0. The van der Waals surface area contributed by atoms with Gasteiger partial charge in [0, 0.05) is 0 Å². The predicted molar refractivity (Wildman–Crippen MR) is 252 cm³/mol. The number of rotatable bonds is 12. The van der Waals surface area contributed by atoms with Gasteiger partial charge in [-0.1, -0.05) is 176 Å². The zero-order valence-electron chi connectivity index (χ0n) is 32.6. The van der Waals surface area contributed by atoms with Crippen molar-refractivity contribution in [2.45, 2.75) is 205 Å². The van der Waals surface area contributed by atoms with E-state index >= 15 is 0 Å². The Kier molecular flexibility index (Phi) is 43.6. The van der Waals surface area contributed by atoms with Crippen molar-refractivity contribution in [2.24, 2.45) is 10.8 Å². The van der Waals surface area contributed by atoms with Crippen molar-refractivity contribution in [3.8, 4) is 0 Å². The zero-order chi connectivity index (χ0) is 36.5. The van der Waals surface area contributed by atoms with Crippen molar-refractivity contribution in [1.29, 1.82) is 0 Å². The molecule has 2 aromatic rings. The highest BCUT2D eigenvalue weighted by atomic mass is 16.6. The van der Waals surface area contributed by atoms with Crippen LogP contribution in [0.1, 0.15) is 204 Å². The largest absolute Gasteiger partial charge is 0.462 e. The maximum Gasteiger partial charge on any atom is 0.311 e. The third-order valence-corrected chi connectivity index (χ3v) is 9.42. The minimum atomic E-state index is -0.352. The molecule has 0 amide bonds. The van der Waals surface area contributed by atoms with E-state index in [4.69, 9.17) is 18.9 Å². The van der Waals surface area contributed by atoms with Crippen molar-refractivity contribution < 1.29 is 28.5 Å². The van der Waals surface area contributed by atoms with Crippen molar-refractivity contribution in [2.75, 3.05) is 26.4 Å². The van der Waals surface area contributed by atoms with Gasteiger partial charge < -0.3 is 18.9 Å². The van der Waals surface area contributed by atoms with E-state index < -0.39 is 0 Å².